The van der Waals surface area contributed by atoms with Crippen LogP contribution in [0.2, 0.25) is 0 Å². The summed E-state index contributed by atoms with van der Waals surface area (Å²) in [5, 5.41) is 0. The van der Waals surface area contributed by atoms with Crippen molar-refractivity contribution >= 4 is 21.9 Å². The van der Waals surface area contributed by atoms with E-state index < -0.39 is 22.1 Å². The predicted molar refractivity (Wildman–Crippen MR) is 117 cm³/mol. The van der Waals surface area contributed by atoms with Crippen LogP contribution in [0.4, 0.5) is 0 Å². The second-order valence-corrected chi connectivity index (χ2v) is 10.1. The van der Waals surface area contributed by atoms with Crippen LogP contribution in [0, 0.1) is 0 Å². The Morgan fingerprint density at radius 2 is 1.70 bits per heavy atom. The van der Waals surface area contributed by atoms with Crippen molar-refractivity contribution in [2.24, 2.45) is 0 Å². The third-order valence-corrected chi connectivity index (χ3v) is 7.98. The van der Waals surface area contributed by atoms with E-state index in [2.05, 4.69) is 0 Å². The molecule has 0 unspecified atom stereocenters. The first-order valence-electron chi connectivity index (χ1n) is 10.9. The monoisotopic (exact) mass is 472 g/mol. The second kappa shape index (κ2) is 8.68. The first-order valence-corrected chi connectivity index (χ1v) is 12.3. The quantitative estimate of drug-likeness (QED) is 0.627. The number of cyclic esters (lactones) is 1. The molecule has 1 fully saturated rings. The van der Waals surface area contributed by atoms with E-state index in [1.807, 2.05) is 6.07 Å². The highest BCUT2D eigenvalue weighted by molar-refractivity contribution is 7.89. The van der Waals surface area contributed by atoms with E-state index in [1.54, 1.807) is 29.2 Å². The van der Waals surface area contributed by atoms with Gasteiger partial charge in [-0.05, 0) is 18.2 Å². The molecule has 3 heterocycles. The fourth-order valence-electron chi connectivity index (χ4n) is 4.29. The summed E-state index contributed by atoms with van der Waals surface area (Å²) in [6, 6.07) is 11.7. The number of sulfonamides is 1. The second-order valence-electron chi connectivity index (χ2n) is 8.13. The molecule has 0 aliphatic carbocycles. The first-order chi connectivity index (χ1) is 15.9. The van der Waals surface area contributed by atoms with Crippen LogP contribution in [0.1, 0.15) is 34.9 Å². The number of rotatable bonds is 4. The van der Waals surface area contributed by atoms with E-state index in [9.17, 15) is 18.0 Å². The standard InChI is InChI=1S/C23H24N2O7S/c26-22(15-20-17-4-1-2-5-18(17)23(27)32-20)24-8-10-25(11-9-24)33(28,29)16-6-7-19-21(14-16)31-13-3-12-30-19/h1-2,4-7,14,20H,3,8-13,15H2/t20-/m0/s1. The maximum Gasteiger partial charge on any atom is 0.339 e. The number of esters is 1. The SMILES string of the molecule is O=C1O[C@@H](CC(=O)N2CCN(S(=O)(=O)c3ccc4c(c3)OCCCO4)CC2)c2ccccc21. The number of benzene rings is 2. The van der Waals surface area contributed by atoms with E-state index in [1.165, 1.54) is 16.4 Å². The van der Waals surface area contributed by atoms with E-state index in [0.29, 0.717) is 35.8 Å². The zero-order valence-electron chi connectivity index (χ0n) is 17.9. The highest BCUT2D eigenvalue weighted by atomic mass is 32.2. The van der Waals surface area contributed by atoms with Gasteiger partial charge in [-0.1, -0.05) is 18.2 Å². The zero-order valence-corrected chi connectivity index (χ0v) is 18.8. The van der Waals surface area contributed by atoms with Gasteiger partial charge in [0.25, 0.3) is 0 Å². The van der Waals surface area contributed by atoms with Crippen molar-refractivity contribution in [3.8, 4) is 11.5 Å². The van der Waals surface area contributed by atoms with Gasteiger partial charge in [-0.25, -0.2) is 13.2 Å². The summed E-state index contributed by atoms with van der Waals surface area (Å²) in [6.07, 6.45) is 0.167. The zero-order chi connectivity index (χ0) is 23.0. The molecule has 0 spiro atoms. The number of fused-ring (bicyclic) bond motifs is 2. The van der Waals surface area contributed by atoms with Gasteiger partial charge in [-0.15, -0.1) is 0 Å². The number of piperazine rings is 1. The Balaban J connectivity index is 1.22. The molecule has 174 valence electrons. The van der Waals surface area contributed by atoms with E-state index in [4.69, 9.17) is 14.2 Å². The molecule has 2 aromatic carbocycles. The normalized spacial score (nSPS) is 20.7. The highest BCUT2D eigenvalue weighted by Gasteiger charge is 2.35. The molecule has 2 aromatic rings. The Bertz CT molecular complexity index is 1190. The molecule has 33 heavy (non-hydrogen) atoms. The van der Waals surface area contributed by atoms with E-state index >= 15 is 0 Å². The van der Waals surface area contributed by atoms with Gasteiger partial charge in [-0.3, -0.25) is 4.79 Å². The number of carbonyl (C=O) groups excluding carboxylic acids is 2. The Morgan fingerprint density at radius 3 is 2.48 bits per heavy atom. The molecule has 10 heteroatoms. The first kappa shape index (κ1) is 21.7. The van der Waals surface area contributed by atoms with Crippen molar-refractivity contribution in [3.05, 3.63) is 53.6 Å². The smallest absolute Gasteiger partial charge is 0.339 e. The fraction of sp³-hybridized carbons (Fsp3) is 0.391. The number of carbonyl (C=O) groups is 2. The van der Waals surface area contributed by atoms with E-state index in [-0.39, 0.29) is 43.4 Å². The molecular weight excluding hydrogens is 448 g/mol. The lowest BCUT2D eigenvalue weighted by Crippen LogP contribution is -2.50. The van der Waals surface area contributed by atoms with Crippen LogP contribution in [-0.4, -0.2) is 68.9 Å². The average molecular weight is 473 g/mol. The average Bonchev–Trinajstić information content (AvgIpc) is 2.99. The topological polar surface area (TPSA) is 102 Å². The molecular formula is C23H24N2O7S. The van der Waals surface area contributed by atoms with Gasteiger partial charge < -0.3 is 19.1 Å². The number of hydrogen-bond acceptors (Lipinski definition) is 7. The maximum absolute atomic E-state index is 13.2. The summed E-state index contributed by atoms with van der Waals surface area (Å²) in [4.78, 5) is 26.6. The van der Waals surface area contributed by atoms with Crippen molar-refractivity contribution in [1.82, 2.24) is 9.21 Å². The fourth-order valence-corrected chi connectivity index (χ4v) is 5.73. The number of hydrogen-bond donors (Lipinski definition) is 0. The van der Waals surface area contributed by atoms with Crippen LogP contribution in [0.5, 0.6) is 11.5 Å². The maximum atomic E-state index is 13.2. The largest absolute Gasteiger partial charge is 0.490 e. The molecule has 0 aromatic heterocycles. The molecule has 0 radical (unpaired) electrons. The molecule has 1 amide bonds. The third kappa shape index (κ3) is 4.16. The molecule has 0 bridgehead atoms. The Morgan fingerprint density at radius 1 is 0.970 bits per heavy atom. The molecule has 9 nitrogen and oxygen atoms in total. The van der Waals surface area contributed by atoms with Crippen molar-refractivity contribution in [1.29, 1.82) is 0 Å². The van der Waals surface area contributed by atoms with Crippen molar-refractivity contribution in [2.45, 2.75) is 23.8 Å². The predicted octanol–water partition coefficient (Wildman–Crippen LogP) is 1.98. The van der Waals surface area contributed by atoms with Crippen LogP contribution >= 0.6 is 0 Å². The minimum absolute atomic E-state index is 0.0393. The number of ether oxygens (including phenoxy) is 3. The van der Waals surface area contributed by atoms with Gasteiger partial charge in [0, 0.05) is 44.2 Å². The lowest BCUT2D eigenvalue weighted by Gasteiger charge is -2.34. The lowest BCUT2D eigenvalue weighted by molar-refractivity contribution is -0.134. The van der Waals surface area contributed by atoms with Crippen molar-refractivity contribution in [3.63, 3.8) is 0 Å². The summed E-state index contributed by atoms with van der Waals surface area (Å²) in [5.74, 6) is 0.372. The molecule has 5 rings (SSSR count). The summed E-state index contributed by atoms with van der Waals surface area (Å²) >= 11 is 0. The van der Waals surface area contributed by atoms with Gasteiger partial charge in [-0.2, -0.15) is 4.31 Å². The molecule has 0 N–H and O–H groups in total. The van der Waals surface area contributed by atoms with Crippen LogP contribution in [-0.2, 0) is 19.6 Å². The highest BCUT2D eigenvalue weighted by Crippen LogP contribution is 2.34. The molecule has 1 saturated heterocycles. The van der Waals surface area contributed by atoms with Gasteiger partial charge in [0.2, 0.25) is 15.9 Å². The molecule has 0 saturated carbocycles. The van der Waals surface area contributed by atoms with Crippen LogP contribution in [0.25, 0.3) is 0 Å². The van der Waals surface area contributed by atoms with Gasteiger partial charge in [0.15, 0.2) is 11.5 Å². The Hall–Kier alpha value is -3.11. The Kier molecular flexibility index (Phi) is 5.71. The lowest BCUT2D eigenvalue weighted by atomic mass is 10.0. The molecule has 1 atom stereocenters. The third-order valence-electron chi connectivity index (χ3n) is 6.08. The van der Waals surface area contributed by atoms with Crippen molar-refractivity contribution in [2.75, 3.05) is 39.4 Å². The van der Waals surface area contributed by atoms with Crippen LogP contribution < -0.4 is 9.47 Å². The van der Waals surface area contributed by atoms with E-state index in [0.717, 1.165) is 6.42 Å². The Labute approximate surface area is 191 Å². The molecule has 3 aliphatic rings. The summed E-state index contributed by atoms with van der Waals surface area (Å²) in [7, 11) is -3.74. The minimum atomic E-state index is -3.74. The number of amides is 1. The van der Waals surface area contributed by atoms with Crippen LogP contribution in [0.15, 0.2) is 47.4 Å². The van der Waals surface area contributed by atoms with Crippen molar-refractivity contribution < 1.29 is 32.2 Å². The summed E-state index contributed by atoms with van der Waals surface area (Å²) in [6.45, 7) is 1.90. The summed E-state index contributed by atoms with van der Waals surface area (Å²) in [5.41, 5.74) is 1.20. The molecule has 3 aliphatic heterocycles. The van der Waals surface area contributed by atoms with Crippen LogP contribution in [0.3, 0.4) is 0 Å². The number of nitrogens with zero attached hydrogens (tertiary/aromatic N) is 2. The van der Waals surface area contributed by atoms with Gasteiger partial charge in [0.05, 0.1) is 30.1 Å². The van der Waals surface area contributed by atoms with Gasteiger partial charge >= 0.3 is 5.97 Å². The minimum Gasteiger partial charge on any atom is -0.490 e. The summed E-state index contributed by atoms with van der Waals surface area (Å²) < 4.78 is 44.2. The van der Waals surface area contributed by atoms with Gasteiger partial charge in [0.1, 0.15) is 6.10 Å².